The van der Waals surface area contributed by atoms with Gasteiger partial charge >= 0.3 is 0 Å². The van der Waals surface area contributed by atoms with E-state index < -0.39 is 41.2 Å². The lowest BCUT2D eigenvalue weighted by Gasteiger charge is -2.38. The summed E-state index contributed by atoms with van der Waals surface area (Å²) < 4.78 is 98.4. The van der Waals surface area contributed by atoms with Crippen molar-refractivity contribution < 1.29 is 40.6 Å². The maximum atomic E-state index is 14.5. The van der Waals surface area contributed by atoms with Crippen LogP contribution in [0.4, 0.5) is 26.3 Å². The van der Waals surface area contributed by atoms with E-state index in [-0.39, 0.29) is 48.9 Å². The van der Waals surface area contributed by atoms with Crippen molar-refractivity contribution in [1.29, 1.82) is 0 Å². The molecule has 0 aromatic heterocycles. The van der Waals surface area contributed by atoms with Gasteiger partial charge in [0.2, 0.25) is 0 Å². The van der Waals surface area contributed by atoms with Crippen LogP contribution in [0.15, 0.2) is 36.2 Å². The zero-order valence-electron chi connectivity index (χ0n) is 17.7. The summed E-state index contributed by atoms with van der Waals surface area (Å²) in [5.74, 6) is -7.31. The Labute approximate surface area is 187 Å². The summed E-state index contributed by atoms with van der Waals surface area (Å²) in [7, 11) is 0. The third-order valence-electron chi connectivity index (χ3n) is 6.03. The van der Waals surface area contributed by atoms with Crippen molar-refractivity contribution in [2.24, 2.45) is 5.92 Å². The third kappa shape index (κ3) is 5.10. The van der Waals surface area contributed by atoms with Gasteiger partial charge < -0.3 is 14.2 Å². The monoisotopic (exact) mass is 472 g/mol. The summed E-state index contributed by atoms with van der Waals surface area (Å²) in [6.07, 6.45) is -0.0423. The molecule has 3 nitrogen and oxygen atoms in total. The van der Waals surface area contributed by atoms with E-state index in [1.54, 1.807) is 0 Å². The van der Waals surface area contributed by atoms with Crippen LogP contribution in [0, 0.1) is 29.2 Å². The summed E-state index contributed by atoms with van der Waals surface area (Å²) in [4.78, 5) is 0. The van der Waals surface area contributed by atoms with Crippen molar-refractivity contribution in [3.8, 4) is 0 Å². The molecule has 0 bridgehead atoms. The van der Waals surface area contributed by atoms with E-state index in [2.05, 4.69) is 0 Å². The van der Waals surface area contributed by atoms with Crippen LogP contribution in [0.25, 0.3) is 5.83 Å². The molecule has 9 heteroatoms. The molecule has 0 saturated carbocycles. The second-order valence-electron chi connectivity index (χ2n) is 8.29. The standard InChI is InChI=1S/C24H22F6O3/c1-12(25)22(29)13-2-4-17(18(26)6-13)14-3-5-21(31-9-14)16-10-32-24(33-11-16)15-7-19(27)23(30)20(28)8-15/h2,4,6-8,14,16,21,24H,3,5,9-11H2,1H3. The SMILES string of the molecule is CC(F)=C(F)c1ccc(C2CCC(C3COC(c4cc(F)c(F)c(F)c4)OC3)OC2)c(F)c1. The molecule has 0 spiro atoms. The molecule has 2 fully saturated rings. The topological polar surface area (TPSA) is 27.7 Å². The predicted octanol–water partition coefficient (Wildman–Crippen LogP) is 6.49. The Bertz CT molecular complexity index is 1010. The summed E-state index contributed by atoms with van der Waals surface area (Å²) in [5, 5.41) is 0. The highest BCUT2D eigenvalue weighted by molar-refractivity contribution is 5.61. The number of halogens is 6. The molecule has 0 radical (unpaired) electrons. The van der Waals surface area contributed by atoms with E-state index in [9.17, 15) is 26.3 Å². The first-order valence-corrected chi connectivity index (χ1v) is 10.6. The molecule has 2 aliphatic heterocycles. The van der Waals surface area contributed by atoms with Crippen molar-refractivity contribution in [2.75, 3.05) is 19.8 Å². The molecule has 2 heterocycles. The lowest BCUT2D eigenvalue weighted by Crippen LogP contribution is -2.39. The molecule has 2 saturated heterocycles. The quantitative estimate of drug-likeness (QED) is 0.376. The molecule has 2 aromatic carbocycles. The second-order valence-corrected chi connectivity index (χ2v) is 8.29. The molecule has 2 aliphatic rings. The van der Waals surface area contributed by atoms with Crippen molar-refractivity contribution in [3.63, 3.8) is 0 Å². The molecule has 4 rings (SSSR count). The first-order chi connectivity index (χ1) is 15.7. The van der Waals surface area contributed by atoms with Gasteiger partial charge in [0.15, 0.2) is 29.6 Å². The number of allylic oxidation sites excluding steroid dienone is 1. The molecule has 33 heavy (non-hydrogen) atoms. The maximum Gasteiger partial charge on any atom is 0.194 e. The normalized spacial score (nSPS) is 26.8. The van der Waals surface area contributed by atoms with Crippen LogP contribution in [-0.4, -0.2) is 25.9 Å². The predicted molar refractivity (Wildman–Crippen MR) is 107 cm³/mol. The average molecular weight is 472 g/mol. The van der Waals surface area contributed by atoms with Crippen molar-refractivity contribution in [2.45, 2.75) is 38.1 Å². The van der Waals surface area contributed by atoms with Gasteiger partial charge in [-0.2, -0.15) is 0 Å². The van der Waals surface area contributed by atoms with Crippen LogP contribution in [0.1, 0.15) is 48.7 Å². The van der Waals surface area contributed by atoms with Crippen molar-refractivity contribution >= 4 is 5.83 Å². The number of hydrogen-bond donors (Lipinski definition) is 0. The van der Waals surface area contributed by atoms with E-state index in [0.717, 1.165) is 25.1 Å². The Morgan fingerprint density at radius 1 is 0.818 bits per heavy atom. The molecule has 2 aromatic rings. The largest absolute Gasteiger partial charge is 0.377 e. The Morgan fingerprint density at radius 2 is 1.48 bits per heavy atom. The number of ether oxygens (including phenoxy) is 3. The minimum atomic E-state index is -1.55. The maximum absolute atomic E-state index is 14.5. The van der Waals surface area contributed by atoms with Crippen molar-refractivity contribution in [1.82, 2.24) is 0 Å². The fraction of sp³-hybridized carbons (Fsp3) is 0.417. The van der Waals surface area contributed by atoms with Gasteiger partial charge in [0.05, 0.1) is 25.9 Å². The van der Waals surface area contributed by atoms with Crippen molar-refractivity contribution in [3.05, 3.63) is 76.1 Å². The van der Waals surface area contributed by atoms with Gasteiger partial charge in [0.25, 0.3) is 0 Å². The van der Waals surface area contributed by atoms with Gasteiger partial charge in [-0.1, -0.05) is 12.1 Å². The molecule has 0 aliphatic carbocycles. The van der Waals surface area contributed by atoms with Gasteiger partial charge in [0.1, 0.15) is 11.6 Å². The molecule has 0 amide bonds. The van der Waals surface area contributed by atoms with Crippen LogP contribution in [0.2, 0.25) is 0 Å². The van der Waals surface area contributed by atoms with E-state index in [4.69, 9.17) is 14.2 Å². The van der Waals surface area contributed by atoms with Crippen LogP contribution in [0.3, 0.4) is 0 Å². The van der Waals surface area contributed by atoms with E-state index in [1.165, 1.54) is 12.1 Å². The second kappa shape index (κ2) is 9.87. The minimum Gasteiger partial charge on any atom is -0.377 e. The Kier molecular flexibility index (Phi) is 7.11. The first-order valence-electron chi connectivity index (χ1n) is 10.6. The highest BCUT2D eigenvalue weighted by Crippen LogP contribution is 2.36. The molecular formula is C24H22F6O3. The average Bonchev–Trinajstić information content (AvgIpc) is 2.82. The van der Waals surface area contributed by atoms with Gasteiger partial charge in [-0.25, -0.2) is 26.3 Å². The van der Waals surface area contributed by atoms with Crippen LogP contribution in [-0.2, 0) is 14.2 Å². The van der Waals surface area contributed by atoms with Crippen LogP contribution < -0.4 is 0 Å². The van der Waals surface area contributed by atoms with E-state index in [1.807, 2.05) is 0 Å². The Balaban J connectivity index is 1.33. The summed E-state index contributed by atoms with van der Waals surface area (Å²) in [6, 6.07) is 5.43. The van der Waals surface area contributed by atoms with Gasteiger partial charge in [-0.05, 0) is 43.5 Å². The highest BCUT2D eigenvalue weighted by atomic mass is 19.2. The lowest BCUT2D eigenvalue weighted by atomic mass is 9.87. The zero-order chi connectivity index (χ0) is 23.7. The molecule has 2 unspecified atom stereocenters. The van der Waals surface area contributed by atoms with Gasteiger partial charge in [-0.15, -0.1) is 0 Å². The lowest BCUT2D eigenvalue weighted by molar-refractivity contribution is -0.226. The summed E-state index contributed by atoms with van der Waals surface area (Å²) in [5.41, 5.74) is 0.263. The van der Waals surface area contributed by atoms with Crippen LogP contribution >= 0.6 is 0 Å². The van der Waals surface area contributed by atoms with Crippen LogP contribution in [0.5, 0.6) is 0 Å². The smallest absolute Gasteiger partial charge is 0.194 e. The Hall–Kier alpha value is -2.36. The first kappa shape index (κ1) is 23.8. The fourth-order valence-electron chi connectivity index (χ4n) is 4.22. The zero-order valence-corrected chi connectivity index (χ0v) is 17.7. The Morgan fingerprint density at radius 3 is 2.03 bits per heavy atom. The molecule has 178 valence electrons. The summed E-state index contributed by atoms with van der Waals surface area (Å²) >= 11 is 0. The molecule has 2 atom stereocenters. The number of rotatable bonds is 4. The van der Waals surface area contributed by atoms with E-state index >= 15 is 0 Å². The van der Waals surface area contributed by atoms with E-state index in [0.29, 0.717) is 18.4 Å². The number of benzene rings is 2. The van der Waals surface area contributed by atoms with Gasteiger partial charge in [0, 0.05) is 23.0 Å². The minimum absolute atomic E-state index is 0.0441. The molecular weight excluding hydrogens is 450 g/mol. The highest BCUT2D eigenvalue weighted by Gasteiger charge is 2.34. The number of hydrogen-bond acceptors (Lipinski definition) is 3. The summed E-state index contributed by atoms with van der Waals surface area (Å²) in [6.45, 7) is 1.61. The fourth-order valence-corrected chi connectivity index (χ4v) is 4.22. The van der Waals surface area contributed by atoms with Gasteiger partial charge in [-0.3, -0.25) is 0 Å². The molecule has 0 N–H and O–H groups in total. The third-order valence-corrected chi connectivity index (χ3v) is 6.03.